The van der Waals surface area contributed by atoms with Gasteiger partial charge >= 0.3 is 17.9 Å². The topological polar surface area (TPSA) is 78.9 Å². The highest BCUT2D eigenvalue weighted by Crippen LogP contribution is 2.14. The van der Waals surface area contributed by atoms with Gasteiger partial charge in [0.1, 0.15) is 13.2 Å². The van der Waals surface area contributed by atoms with Gasteiger partial charge < -0.3 is 14.2 Å². The van der Waals surface area contributed by atoms with Gasteiger partial charge in [0.25, 0.3) is 0 Å². The van der Waals surface area contributed by atoms with Crippen LogP contribution < -0.4 is 0 Å². The van der Waals surface area contributed by atoms with Crippen LogP contribution in [0.15, 0.2) is 0 Å². The first-order valence-electron chi connectivity index (χ1n) is 18.4. The fraction of sp³-hybridized carbons (Fsp3) is 0.919. The maximum absolute atomic E-state index is 12.5. The fourth-order valence-corrected chi connectivity index (χ4v) is 5.21. The Bertz CT molecular complexity index is 647. The minimum absolute atomic E-state index is 0.0669. The normalized spacial score (nSPS) is 11.9. The highest BCUT2D eigenvalue weighted by atomic mass is 16.6. The van der Waals surface area contributed by atoms with Crippen LogP contribution in [-0.4, -0.2) is 37.2 Å². The zero-order chi connectivity index (χ0) is 31.8. The minimum atomic E-state index is -0.755. The van der Waals surface area contributed by atoms with Crippen molar-refractivity contribution in [3.8, 4) is 0 Å². The summed E-state index contributed by atoms with van der Waals surface area (Å²) >= 11 is 0. The van der Waals surface area contributed by atoms with Crippen molar-refractivity contribution in [1.82, 2.24) is 0 Å². The summed E-state index contributed by atoms with van der Waals surface area (Å²) in [5.41, 5.74) is 0. The number of carbonyl (C=O) groups excluding carboxylic acids is 3. The molecule has 0 aliphatic carbocycles. The number of esters is 3. The number of hydrogen-bond acceptors (Lipinski definition) is 6. The zero-order valence-electron chi connectivity index (χ0n) is 28.9. The predicted molar refractivity (Wildman–Crippen MR) is 178 cm³/mol. The molecular weight excluding hydrogens is 540 g/mol. The molecule has 0 bridgehead atoms. The molecular formula is C37H70O6. The molecule has 254 valence electrons. The SMILES string of the molecule is CCCCCCCCCCCC(=O)OC[C@@H](COC(=O)CCCCCCC)OC(=O)CCCCCCCCCCC(C)C. The molecule has 0 saturated heterocycles. The van der Waals surface area contributed by atoms with Gasteiger partial charge in [-0.05, 0) is 25.2 Å². The van der Waals surface area contributed by atoms with Gasteiger partial charge in [0.15, 0.2) is 6.10 Å². The second-order valence-corrected chi connectivity index (χ2v) is 13.0. The van der Waals surface area contributed by atoms with E-state index >= 15 is 0 Å². The molecule has 1 atom stereocenters. The average Bonchev–Trinajstić information content (AvgIpc) is 2.98. The number of unbranched alkanes of at least 4 members (excludes halogenated alkanes) is 19. The van der Waals surface area contributed by atoms with E-state index in [-0.39, 0.29) is 31.1 Å². The van der Waals surface area contributed by atoms with Crippen LogP contribution in [0.25, 0.3) is 0 Å². The number of carbonyl (C=O) groups is 3. The first kappa shape index (κ1) is 41.4. The highest BCUT2D eigenvalue weighted by molar-refractivity contribution is 5.71. The van der Waals surface area contributed by atoms with Gasteiger partial charge in [-0.1, -0.05) is 156 Å². The molecule has 0 amide bonds. The van der Waals surface area contributed by atoms with E-state index < -0.39 is 6.10 Å². The van der Waals surface area contributed by atoms with Crippen molar-refractivity contribution in [2.24, 2.45) is 5.92 Å². The van der Waals surface area contributed by atoms with Crippen LogP contribution in [0.5, 0.6) is 0 Å². The fourth-order valence-electron chi connectivity index (χ4n) is 5.21. The molecule has 0 spiro atoms. The molecule has 6 heteroatoms. The lowest BCUT2D eigenvalue weighted by Gasteiger charge is -2.18. The molecule has 0 aromatic carbocycles. The summed E-state index contributed by atoms with van der Waals surface area (Å²) in [5, 5.41) is 0. The van der Waals surface area contributed by atoms with Gasteiger partial charge in [0.2, 0.25) is 0 Å². The van der Waals surface area contributed by atoms with Crippen LogP contribution in [0.4, 0.5) is 0 Å². The Morgan fingerprint density at radius 2 is 0.767 bits per heavy atom. The molecule has 0 aromatic rings. The summed E-state index contributed by atoms with van der Waals surface area (Å²) < 4.78 is 16.5. The van der Waals surface area contributed by atoms with Gasteiger partial charge in [0, 0.05) is 19.3 Å². The second-order valence-electron chi connectivity index (χ2n) is 13.0. The summed E-state index contributed by atoms with van der Waals surface area (Å²) in [7, 11) is 0. The lowest BCUT2D eigenvalue weighted by Crippen LogP contribution is -2.30. The van der Waals surface area contributed by atoms with Gasteiger partial charge in [-0.25, -0.2) is 0 Å². The lowest BCUT2D eigenvalue weighted by atomic mass is 10.0. The first-order valence-corrected chi connectivity index (χ1v) is 18.4. The van der Waals surface area contributed by atoms with Crippen molar-refractivity contribution < 1.29 is 28.6 Å². The number of hydrogen-bond donors (Lipinski definition) is 0. The van der Waals surface area contributed by atoms with E-state index in [1.807, 2.05) is 0 Å². The highest BCUT2D eigenvalue weighted by Gasteiger charge is 2.19. The molecule has 0 fully saturated rings. The van der Waals surface area contributed by atoms with Gasteiger partial charge in [-0.3, -0.25) is 14.4 Å². The zero-order valence-corrected chi connectivity index (χ0v) is 28.9. The molecule has 0 N–H and O–H groups in total. The minimum Gasteiger partial charge on any atom is -0.462 e. The Morgan fingerprint density at radius 1 is 0.442 bits per heavy atom. The Balaban J connectivity index is 4.30. The molecule has 0 aliphatic rings. The van der Waals surface area contributed by atoms with Gasteiger partial charge in [-0.2, -0.15) is 0 Å². The van der Waals surface area contributed by atoms with E-state index in [1.165, 1.54) is 83.5 Å². The summed E-state index contributed by atoms with van der Waals surface area (Å²) in [6.07, 6.45) is 26.9. The lowest BCUT2D eigenvalue weighted by molar-refractivity contribution is -0.167. The molecule has 43 heavy (non-hydrogen) atoms. The van der Waals surface area contributed by atoms with Gasteiger partial charge in [0.05, 0.1) is 0 Å². The van der Waals surface area contributed by atoms with E-state index in [9.17, 15) is 14.4 Å². The summed E-state index contributed by atoms with van der Waals surface area (Å²) in [4.78, 5) is 37.1. The molecule has 0 aliphatic heterocycles. The Hall–Kier alpha value is -1.59. The Kier molecular flexibility index (Phi) is 30.6. The largest absolute Gasteiger partial charge is 0.462 e. The molecule has 0 aromatic heterocycles. The van der Waals surface area contributed by atoms with E-state index in [2.05, 4.69) is 27.7 Å². The van der Waals surface area contributed by atoms with Crippen LogP contribution >= 0.6 is 0 Å². The molecule has 0 rings (SSSR count). The van der Waals surface area contributed by atoms with E-state index in [1.54, 1.807) is 0 Å². The third kappa shape index (κ3) is 31.6. The Morgan fingerprint density at radius 3 is 1.14 bits per heavy atom. The quantitative estimate of drug-likeness (QED) is 0.0428. The van der Waals surface area contributed by atoms with Crippen LogP contribution in [0, 0.1) is 5.92 Å². The maximum Gasteiger partial charge on any atom is 0.306 e. The van der Waals surface area contributed by atoms with E-state index in [0.717, 1.165) is 70.1 Å². The molecule has 6 nitrogen and oxygen atoms in total. The summed E-state index contributed by atoms with van der Waals surface area (Å²) in [6, 6.07) is 0. The first-order chi connectivity index (χ1) is 20.9. The predicted octanol–water partition coefficient (Wildman–Crippen LogP) is 10.8. The van der Waals surface area contributed by atoms with Gasteiger partial charge in [-0.15, -0.1) is 0 Å². The van der Waals surface area contributed by atoms with Crippen molar-refractivity contribution in [2.75, 3.05) is 13.2 Å². The standard InChI is InChI=1S/C37H70O6/c1-5-7-9-11-12-13-17-21-25-29-36(39)42-32-34(31-41-35(38)28-24-19-10-8-6-2)43-37(40)30-26-22-18-15-14-16-20-23-27-33(3)4/h33-34H,5-32H2,1-4H3/t34-/m1/s1. The molecule has 0 radical (unpaired) electrons. The van der Waals surface area contributed by atoms with Crippen molar-refractivity contribution in [1.29, 1.82) is 0 Å². The van der Waals surface area contributed by atoms with E-state index in [4.69, 9.17) is 14.2 Å². The monoisotopic (exact) mass is 611 g/mol. The summed E-state index contributed by atoms with van der Waals surface area (Å²) in [6.45, 7) is 8.82. The molecule has 0 unspecified atom stereocenters. The molecule has 0 heterocycles. The van der Waals surface area contributed by atoms with E-state index in [0.29, 0.717) is 19.3 Å². The molecule has 0 saturated carbocycles. The smallest absolute Gasteiger partial charge is 0.306 e. The van der Waals surface area contributed by atoms with Crippen molar-refractivity contribution in [3.63, 3.8) is 0 Å². The third-order valence-corrected chi connectivity index (χ3v) is 8.04. The Labute approximate surface area is 266 Å². The third-order valence-electron chi connectivity index (χ3n) is 8.04. The maximum atomic E-state index is 12.5. The summed E-state index contributed by atoms with van der Waals surface area (Å²) in [5.74, 6) is -0.0918. The number of ether oxygens (including phenoxy) is 3. The number of rotatable bonds is 32. The van der Waals surface area contributed by atoms with Crippen LogP contribution in [-0.2, 0) is 28.6 Å². The van der Waals surface area contributed by atoms with Crippen molar-refractivity contribution >= 4 is 17.9 Å². The average molecular weight is 611 g/mol. The van der Waals surface area contributed by atoms with Crippen LogP contribution in [0.2, 0.25) is 0 Å². The second kappa shape index (κ2) is 31.8. The van der Waals surface area contributed by atoms with Crippen molar-refractivity contribution in [3.05, 3.63) is 0 Å². The van der Waals surface area contributed by atoms with Crippen LogP contribution in [0.1, 0.15) is 195 Å². The van der Waals surface area contributed by atoms with Crippen molar-refractivity contribution in [2.45, 2.75) is 201 Å². The van der Waals surface area contributed by atoms with Crippen LogP contribution in [0.3, 0.4) is 0 Å².